The summed E-state index contributed by atoms with van der Waals surface area (Å²) in [5, 5.41) is 5.99. The molecule has 0 aliphatic rings. The van der Waals surface area contributed by atoms with E-state index in [1.807, 2.05) is 122 Å². The summed E-state index contributed by atoms with van der Waals surface area (Å²) in [5.41, 5.74) is 14.0. The number of nitrogens with two attached hydrogens (primary N) is 1. The monoisotopic (exact) mass is 995 g/mol. The second kappa shape index (κ2) is 20.3. The number of benzene rings is 6. The number of sulfonamides is 2. The number of hydrogen-bond acceptors (Lipinski definition) is 10. The fourth-order valence-corrected chi connectivity index (χ4v) is 12.8. The standard InChI is InChI=1S/C57H57N9O4S2/c1-4-32-65(71(67,68)43-26-20-39(2)21-27-43)41-24-30-45-47-14-9-11-18-51(47)62-53(49(45)35-41)16-7-5-6-8-17-54-50-36-42(25-31-46(50)48-15-10-12-19-52(48)63-54)66(72(69,70)44-28-22-40(3)23-29-44)34-13-33-64-38-61-55-56(58)59-37-60-57(55)64/h9-12,14-15,18-31,35-38H,4-8,13,16-17,32-34H2,1-3H3,(H2,58,59,60). The van der Waals surface area contributed by atoms with Crippen LogP contribution in [0.2, 0.25) is 0 Å². The van der Waals surface area contributed by atoms with E-state index < -0.39 is 20.0 Å². The van der Waals surface area contributed by atoms with Crippen molar-refractivity contribution in [1.82, 2.24) is 29.5 Å². The van der Waals surface area contributed by atoms with Crippen LogP contribution in [-0.4, -0.2) is 59.4 Å². The number of anilines is 3. The molecule has 0 atom stereocenters. The van der Waals surface area contributed by atoms with E-state index in [2.05, 4.69) is 27.1 Å². The minimum Gasteiger partial charge on any atom is -0.382 e. The first kappa shape index (κ1) is 48.2. The van der Waals surface area contributed by atoms with Crippen molar-refractivity contribution in [1.29, 1.82) is 0 Å². The molecule has 0 bridgehead atoms. The molecule has 0 spiro atoms. The first-order valence-corrected chi connectivity index (χ1v) is 27.5. The summed E-state index contributed by atoms with van der Waals surface area (Å²) in [6, 6.07) is 42.2. The average Bonchev–Trinajstić information content (AvgIpc) is 3.81. The largest absolute Gasteiger partial charge is 0.382 e. The maximum Gasteiger partial charge on any atom is 0.264 e. The van der Waals surface area contributed by atoms with Gasteiger partial charge in [-0.15, -0.1) is 0 Å². The lowest BCUT2D eigenvalue weighted by Gasteiger charge is -2.25. The Labute approximate surface area is 420 Å². The molecule has 0 saturated carbocycles. The van der Waals surface area contributed by atoms with Crippen LogP contribution in [-0.2, 0) is 39.4 Å². The number of unbranched alkanes of at least 4 members (excludes halogenated alkanes) is 3. The average molecular weight is 996 g/mol. The van der Waals surface area contributed by atoms with E-state index in [1.54, 1.807) is 30.6 Å². The second-order valence-electron chi connectivity index (χ2n) is 18.5. The van der Waals surface area contributed by atoms with Gasteiger partial charge in [-0.25, -0.2) is 31.8 Å². The Morgan fingerprint density at radius 1 is 0.528 bits per heavy atom. The zero-order valence-electron chi connectivity index (χ0n) is 40.7. The number of pyridine rings is 2. The lowest BCUT2D eigenvalue weighted by molar-refractivity contribution is 0.584. The molecule has 2 N–H and O–H groups in total. The van der Waals surface area contributed by atoms with E-state index in [-0.39, 0.29) is 16.3 Å². The van der Waals surface area contributed by atoms with Crippen LogP contribution in [0.3, 0.4) is 0 Å². The second-order valence-corrected chi connectivity index (χ2v) is 22.3. The molecule has 0 aliphatic heterocycles. The molecule has 0 amide bonds. The molecule has 6 aromatic carbocycles. The minimum absolute atomic E-state index is 0.199. The molecule has 4 aromatic heterocycles. The summed E-state index contributed by atoms with van der Waals surface area (Å²) in [4.78, 5) is 23.7. The summed E-state index contributed by atoms with van der Waals surface area (Å²) in [6.45, 7) is 6.89. The molecule has 10 aromatic rings. The molecule has 15 heteroatoms. The molecule has 0 fully saturated rings. The number of fused-ring (bicyclic) bond motifs is 7. The van der Waals surface area contributed by atoms with Crippen molar-refractivity contribution in [3.8, 4) is 0 Å². The summed E-state index contributed by atoms with van der Waals surface area (Å²) < 4.78 is 62.4. The number of rotatable bonds is 19. The molecule has 4 heterocycles. The quantitative estimate of drug-likeness (QED) is 0.0607. The van der Waals surface area contributed by atoms with Crippen LogP contribution in [0, 0.1) is 13.8 Å². The van der Waals surface area contributed by atoms with E-state index in [0.29, 0.717) is 60.7 Å². The molecule has 0 aliphatic carbocycles. The van der Waals surface area contributed by atoms with Gasteiger partial charge in [0.15, 0.2) is 11.5 Å². The smallest absolute Gasteiger partial charge is 0.264 e. The molecular formula is C57H57N9O4S2. The van der Waals surface area contributed by atoms with Crippen LogP contribution in [0.25, 0.3) is 54.5 Å². The third-order valence-electron chi connectivity index (χ3n) is 13.5. The van der Waals surface area contributed by atoms with Crippen molar-refractivity contribution in [3.05, 3.63) is 169 Å². The molecular weight excluding hydrogens is 939 g/mol. The van der Waals surface area contributed by atoms with Gasteiger partial charge in [-0.2, -0.15) is 0 Å². The Morgan fingerprint density at radius 3 is 1.54 bits per heavy atom. The number of imidazole rings is 1. The first-order chi connectivity index (χ1) is 34.9. The van der Waals surface area contributed by atoms with Crippen LogP contribution in [0.4, 0.5) is 17.2 Å². The Bertz CT molecular complexity index is 3850. The van der Waals surface area contributed by atoms with Crippen LogP contribution in [0.15, 0.2) is 156 Å². The van der Waals surface area contributed by atoms with Gasteiger partial charge in [0, 0.05) is 52.6 Å². The van der Waals surface area contributed by atoms with Gasteiger partial charge in [0.05, 0.1) is 38.5 Å². The minimum atomic E-state index is -3.98. The normalized spacial score (nSPS) is 12.2. The maximum absolute atomic E-state index is 14.6. The first-order valence-electron chi connectivity index (χ1n) is 24.6. The van der Waals surface area contributed by atoms with E-state index in [4.69, 9.17) is 15.7 Å². The molecule has 72 heavy (non-hydrogen) atoms. The van der Waals surface area contributed by atoms with Gasteiger partial charge in [-0.05, 0) is 124 Å². The molecule has 10 rings (SSSR count). The van der Waals surface area contributed by atoms with Crippen molar-refractivity contribution in [2.45, 2.75) is 88.5 Å². The van der Waals surface area contributed by atoms with E-state index >= 15 is 0 Å². The van der Waals surface area contributed by atoms with E-state index in [0.717, 1.165) is 98.0 Å². The fourth-order valence-electron chi connectivity index (χ4n) is 9.75. The highest BCUT2D eigenvalue weighted by Crippen LogP contribution is 2.36. The highest BCUT2D eigenvalue weighted by Gasteiger charge is 2.27. The van der Waals surface area contributed by atoms with E-state index in [1.165, 1.54) is 14.9 Å². The lowest BCUT2D eigenvalue weighted by atomic mass is 9.98. The van der Waals surface area contributed by atoms with Crippen molar-refractivity contribution in [2.75, 3.05) is 27.4 Å². The van der Waals surface area contributed by atoms with Gasteiger partial charge in [0.25, 0.3) is 20.0 Å². The molecule has 0 unspecified atom stereocenters. The predicted octanol–water partition coefficient (Wildman–Crippen LogP) is 11.7. The topological polar surface area (TPSA) is 170 Å². The van der Waals surface area contributed by atoms with Crippen molar-refractivity contribution < 1.29 is 16.8 Å². The zero-order chi connectivity index (χ0) is 50.0. The number of hydrogen-bond donors (Lipinski definition) is 1. The van der Waals surface area contributed by atoms with Crippen molar-refractivity contribution in [3.63, 3.8) is 0 Å². The van der Waals surface area contributed by atoms with Crippen molar-refractivity contribution in [2.24, 2.45) is 0 Å². The SMILES string of the molecule is CCCN(c1ccc2c(c1)c(CCCCCCc1nc3ccccc3c3ccc(N(CCCn4cnc5c(N)ncnc54)S(=O)(=O)c4ccc(C)cc4)cc13)nc1ccccc12)S(=O)(=O)c1ccc(C)cc1. The summed E-state index contributed by atoms with van der Waals surface area (Å²) in [5.74, 6) is 0.295. The van der Waals surface area contributed by atoms with E-state index in [9.17, 15) is 16.8 Å². The Kier molecular flexibility index (Phi) is 13.6. The Balaban J connectivity index is 0.901. The van der Waals surface area contributed by atoms with Gasteiger partial charge in [-0.3, -0.25) is 18.6 Å². The van der Waals surface area contributed by atoms with Gasteiger partial charge in [0.2, 0.25) is 0 Å². The third-order valence-corrected chi connectivity index (χ3v) is 17.2. The van der Waals surface area contributed by atoms with Crippen LogP contribution < -0.4 is 14.3 Å². The third kappa shape index (κ3) is 9.53. The molecule has 13 nitrogen and oxygen atoms in total. The van der Waals surface area contributed by atoms with Gasteiger partial charge < -0.3 is 10.3 Å². The zero-order valence-corrected chi connectivity index (χ0v) is 42.4. The van der Waals surface area contributed by atoms with Crippen LogP contribution >= 0.6 is 0 Å². The van der Waals surface area contributed by atoms with Crippen LogP contribution in [0.5, 0.6) is 0 Å². The lowest BCUT2D eigenvalue weighted by Crippen LogP contribution is -2.32. The number of nitrogens with zero attached hydrogens (tertiary/aromatic N) is 8. The highest BCUT2D eigenvalue weighted by atomic mass is 32.2. The summed E-state index contributed by atoms with van der Waals surface area (Å²) in [7, 11) is -7.79. The molecule has 366 valence electrons. The molecule has 0 radical (unpaired) electrons. The summed E-state index contributed by atoms with van der Waals surface area (Å²) >= 11 is 0. The Morgan fingerprint density at radius 2 is 1.03 bits per heavy atom. The highest BCUT2D eigenvalue weighted by molar-refractivity contribution is 7.93. The fraction of sp³-hybridized carbons (Fsp3) is 0.246. The van der Waals surface area contributed by atoms with Gasteiger partial charge in [-0.1, -0.05) is 104 Å². The Hall–Kier alpha value is -7.49. The summed E-state index contributed by atoms with van der Waals surface area (Å²) in [6.07, 6.45) is 9.29. The number of aryl methyl sites for hydroxylation is 5. The van der Waals surface area contributed by atoms with Gasteiger partial charge >= 0.3 is 0 Å². The number of nitrogen functional groups attached to an aromatic ring is 1. The van der Waals surface area contributed by atoms with Crippen molar-refractivity contribution >= 4 is 91.8 Å². The number of para-hydroxylation sites is 2. The number of aromatic nitrogens is 6. The van der Waals surface area contributed by atoms with Crippen LogP contribution in [0.1, 0.15) is 68.0 Å². The van der Waals surface area contributed by atoms with Gasteiger partial charge in [0.1, 0.15) is 11.8 Å². The molecule has 0 saturated heterocycles. The maximum atomic E-state index is 14.6. The predicted molar refractivity (Wildman–Crippen MR) is 290 cm³/mol.